The Morgan fingerprint density at radius 2 is 1.15 bits per heavy atom. The fourth-order valence-corrected chi connectivity index (χ4v) is 5.86. The average molecular weight is 504 g/mol. The lowest BCUT2D eigenvalue weighted by Crippen LogP contribution is -2.45. The third kappa shape index (κ3) is 19.8. The summed E-state index contributed by atoms with van der Waals surface area (Å²) in [5.74, 6) is 0.172. The van der Waals surface area contributed by atoms with Crippen LogP contribution in [-0.2, 0) is 18.1 Å². The molecule has 0 aliphatic heterocycles. The molecule has 0 saturated carbocycles. The van der Waals surface area contributed by atoms with Crippen LogP contribution in [0.3, 0.4) is 0 Å². The van der Waals surface area contributed by atoms with Gasteiger partial charge in [0.05, 0.1) is 6.17 Å². The van der Waals surface area contributed by atoms with Crippen LogP contribution in [0.2, 0.25) is 6.04 Å². The van der Waals surface area contributed by atoms with Crippen molar-refractivity contribution < 1.29 is 18.1 Å². The first-order valence-electron chi connectivity index (χ1n) is 13.9. The average Bonchev–Trinajstić information content (AvgIpc) is 2.85. The summed E-state index contributed by atoms with van der Waals surface area (Å²) >= 11 is 0. The Labute approximate surface area is 212 Å². The smallest absolute Gasteiger partial charge is 0.377 e. The molecule has 0 aromatic rings. The van der Waals surface area contributed by atoms with Crippen LogP contribution in [-0.4, -0.2) is 61.8 Å². The summed E-state index contributed by atoms with van der Waals surface area (Å²) < 4.78 is 16.3. The first-order valence-corrected chi connectivity index (χ1v) is 15.9. The lowest BCUT2D eigenvalue weighted by molar-refractivity contribution is -0.121. The number of unbranched alkanes of at least 4 members (excludes halogenated alkanes) is 12. The summed E-state index contributed by atoms with van der Waals surface area (Å²) in [4.78, 5) is 12.0. The molecule has 7 nitrogen and oxygen atoms in total. The Hall–Kier alpha value is -0.513. The highest BCUT2D eigenvalue weighted by molar-refractivity contribution is 6.60. The van der Waals surface area contributed by atoms with Gasteiger partial charge in [-0.1, -0.05) is 84.0 Å². The Morgan fingerprint density at radius 3 is 1.65 bits per heavy atom. The van der Waals surface area contributed by atoms with Crippen LogP contribution < -0.4 is 16.0 Å². The minimum absolute atomic E-state index is 0.172. The molecule has 0 aliphatic carbocycles. The van der Waals surface area contributed by atoms with Crippen molar-refractivity contribution in [2.45, 2.75) is 122 Å². The molecule has 0 heterocycles. The van der Waals surface area contributed by atoms with E-state index in [1.807, 2.05) is 0 Å². The van der Waals surface area contributed by atoms with Gasteiger partial charge in [0.15, 0.2) is 0 Å². The second-order valence-electron chi connectivity index (χ2n) is 9.37. The Kier molecular flexibility index (Phi) is 23.8. The largest absolute Gasteiger partial charge is 0.500 e. The third-order valence-corrected chi connectivity index (χ3v) is 9.28. The molecule has 34 heavy (non-hydrogen) atoms. The zero-order valence-electron chi connectivity index (χ0n) is 23.1. The van der Waals surface area contributed by atoms with Gasteiger partial charge in [0, 0.05) is 46.9 Å². The zero-order valence-corrected chi connectivity index (χ0v) is 24.1. The van der Waals surface area contributed by atoms with Crippen LogP contribution in [0.5, 0.6) is 0 Å². The molecule has 3 N–H and O–H groups in total. The van der Waals surface area contributed by atoms with E-state index in [-0.39, 0.29) is 12.1 Å². The molecule has 0 aliphatic rings. The van der Waals surface area contributed by atoms with E-state index in [1.54, 1.807) is 21.3 Å². The van der Waals surface area contributed by atoms with Crippen LogP contribution >= 0.6 is 0 Å². The molecule has 0 bridgehead atoms. The Morgan fingerprint density at radius 1 is 0.676 bits per heavy atom. The van der Waals surface area contributed by atoms with Crippen molar-refractivity contribution in [2.24, 2.45) is 0 Å². The van der Waals surface area contributed by atoms with Gasteiger partial charge in [0.2, 0.25) is 5.91 Å². The van der Waals surface area contributed by atoms with E-state index in [0.717, 1.165) is 32.0 Å². The van der Waals surface area contributed by atoms with Gasteiger partial charge in [-0.05, 0) is 26.3 Å². The number of hydrogen-bond acceptors (Lipinski definition) is 6. The van der Waals surface area contributed by atoms with Crippen molar-refractivity contribution in [1.82, 2.24) is 16.0 Å². The van der Waals surface area contributed by atoms with E-state index < -0.39 is 8.80 Å². The third-order valence-electron chi connectivity index (χ3n) is 6.45. The van der Waals surface area contributed by atoms with E-state index in [0.29, 0.717) is 13.0 Å². The standard InChI is InChI=1S/C26H57N3O4Si/c1-6-7-8-9-10-11-12-13-14-15-16-17-18-20-26(30)29-23-22-28-25(2)27-21-19-24-34(31-3,32-4)33-5/h25,27-28H,6-24H2,1-5H3,(H,29,30). The molecule has 1 atom stereocenters. The van der Waals surface area contributed by atoms with E-state index in [1.165, 1.54) is 77.0 Å². The first kappa shape index (κ1) is 33.5. The second-order valence-corrected chi connectivity index (χ2v) is 12.5. The number of hydrogen-bond donors (Lipinski definition) is 3. The number of amides is 1. The van der Waals surface area contributed by atoms with Crippen molar-refractivity contribution in [1.29, 1.82) is 0 Å². The molecular weight excluding hydrogens is 446 g/mol. The van der Waals surface area contributed by atoms with E-state index >= 15 is 0 Å². The zero-order chi connectivity index (χ0) is 25.3. The van der Waals surface area contributed by atoms with E-state index in [9.17, 15) is 4.79 Å². The molecule has 1 amide bonds. The minimum atomic E-state index is -2.47. The molecule has 0 fully saturated rings. The molecule has 0 aromatic carbocycles. The molecule has 1 unspecified atom stereocenters. The van der Waals surface area contributed by atoms with E-state index in [2.05, 4.69) is 29.8 Å². The predicted molar refractivity (Wildman–Crippen MR) is 145 cm³/mol. The quantitative estimate of drug-likeness (QED) is 0.0835. The summed E-state index contributed by atoms with van der Waals surface area (Å²) in [6.07, 6.45) is 19.0. The summed E-state index contributed by atoms with van der Waals surface area (Å²) in [5, 5.41) is 9.83. The second kappa shape index (κ2) is 24.2. The molecular formula is C26H57N3O4Si. The molecule has 0 spiro atoms. The molecule has 204 valence electrons. The van der Waals surface area contributed by atoms with Gasteiger partial charge in [0.25, 0.3) is 0 Å². The highest BCUT2D eigenvalue weighted by Crippen LogP contribution is 2.14. The van der Waals surface area contributed by atoms with E-state index in [4.69, 9.17) is 13.3 Å². The van der Waals surface area contributed by atoms with Crippen molar-refractivity contribution in [3.63, 3.8) is 0 Å². The highest BCUT2D eigenvalue weighted by Gasteiger charge is 2.36. The lowest BCUT2D eigenvalue weighted by Gasteiger charge is -2.24. The van der Waals surface area contributed by atoms with Gasteiger partial charge in [-0.25, -0.2) is 0 Å². The molecule has 0 saturated heterocycles. The Balaban J connectivity index is 3.44. The van der Waals surface area contributed by atoms with Crippen molar-refractivity contribution in [3.8, 4) is 0 Å². The summed E-state index contributed by atoms with van der Waals surface area (Å²) in [6, 6.07) is 0.783. The Bertz CT molecular complexity index is 445. The topological polar surface area (TPSA) is 80.9 Å². The monoisotopic (exact) mass is 503 g/mol. The van der Waals surface area contributed by atoms with Crippen molar-refractivity contribution in [2.75, 3.05) is 41.0 Å². The van der Waals surface area contributed by atoms with Crippen LogP contribution in [0.4, 0.5) is 0 Å². The number of carbonyl (C=O) groups excluding carboxylic acids is 1. The SMILES string of the molecule is CCCCCCCCCCCCCCCC(=O)NCCNC(C)NCCC[Si](OC)(OC)OC. The van der Waals surface area contributed by atoms with Gasteiger partial charge in [-0.3, -0.25) is 4.79 Å². The summed E-state index contributed by atoms with van der Waals surface area (Å²) in [5.41, 5.74) is 0. The maximum absolute atomic E-state index is 12.0. The minimum Gasteiger partial charge on any atom is -0.377 e. The molecule has 0 aromatic heterocycles. The summed E-state index contributed by atoms with van der Waals surface area (Å²) in [7, 11) is 2.46. The first-order chi connectivity index (χ1) is 16.5. The predicted octanol–water partition coefficient (Wildman–Crippen LogP) is 5.38. The normalized spacial score (nSPS) is 12.7. The number of rotatable bonds is 26. The maximum Gasteiger partial charge on any atom is 0.500 e. The fourth-order valence-electron chi connectivity index (χ4n) is 4.13. The lowest BCUT2D eigenvalue weighted by atomic mass is 10.0. The number of nitrogens with one attached hydrogen (secondary N) is 3. The van der Waals surface area contributed by atoms with Gasteiger partial charge >= 0.3 is 8.80 Å². The fraction of sp³-hybridized carbons (Fsp3) is 0.962. The molecule has 8 heteroatoms. The van der Waals surface area contributed by atoms with Gasteiger partial charge in [-0.15, -0.1) is 0 Å². The van der Waals surface area contributed by atoms with Gasteiger partial charge < -0.3 is 29.2 Å². The van der Waals surface area contributed by atoms with Gasteiger partial charge in [-0.2, -0.15) is 0 Å². The van der Waals surface area contributed by atoms with Crippen LogP contribution in [0, 0.1) is 0 Å². The molecule has 0 radical (unpaired) electrons. The van der Waals surface area contributed by atoms with Crippen molar-refractivity contribution >= 4 is 14.7 Å². The van der Waals surface area contributed by atoms with Crippen molar-refractivity contribution in [3.05, 3.63) is 0 Å². The maximum atomic E-state index is 12.0. The van der Waals surface area contributed by atoms with Crippen LogP contribution in [0.1, 0.15) is 110 Å². The van der Waals surface area contributed by atoms with Crippen LogP contribution in [0.15, 0.2) is 0 Å². The highest BCUT2D eigenvalue weighted by atomic mass is 28.4. The van der Waals surface area contributed by atoms with Crippen LogP contribution in [0.25, 0.3) is 0 Å². The molecule has 0 rings (SSSR count). The number of carbonyl (C=O) groups is 1. The van der Waals surface area contributed by atoms with Gasteiger partial charge in [0.1, 0.15) is 0 Å². The summed E-state index contributed by atoms with van der Waals surface area (Å²) in [6.45, 7) is 6.63.